The number of ether oxygens (including phenoxy) is 2. The van der Waals surface area contributed by atoms with Gasteiger partial charge in [-0.05, 0) is 24.6 Å². The van der Waals surface area contributed by atoms with Crippen LogP contribution >= 0.6 is 0 Å². The van der Waals surface area contributed by atoms with Crippen LogP contribution in [-0.2, 0) is 16.1 Å². The number of amides is 1. The van der Waals surface area contributed by atoms with E-state index in [4.69, 9.17) is 14.6 Å². The number of carboxylic acids is 1. The maximum Gasteiger partial charge on any atom is 0.307 e. The third kappa shape index (κ3) is 3.01. The van der Waals surface area contributed by atoms with Crippen molar-refractivity contribution in [3.05, 3.63) is 23.8 Å². The van der Waals surface area contributed by atoms with Crippen molar-refractivity contribution in [3.63, 3.8) is 0 Å². The smallest absolute Gasteiger partial charge is 0.307 e. The minimum Gasteiger partial charge on any atom is -0.497 e. The van der Waals surface area contributed by atoms with Gasteiger partial charge in [-0.2, -0.15) is 0 Å². The van der Waals surface area contributed by atoms with Crippen molar-refractivity contribution in [3.8, 4) is 11.5 Å². The highest BCUT2D eigenvalue weighted by atomic mass is 16.5. The highest BCUT2D eigenvalue weighted by Crippen LogP contribution is 2.38. The Morgan fingerprint density at radius 3 is 2.60 bits per heavy atom. The molecule has 2 N–H and O–H groups in total. The van der Waals surface area contributed by atoms with Crippen molar-refractivity contribution in [2.75, 3.05) is 14.2 Å². The maximum absolute atomic E-state index is 11.8. The van der Waals surface area contributed by atoms with Gasteiger partial charge in [0.05, 0.1) is 26.1 Å². The van der Waals surface area contributed by atoms with Crippen LogP contribution in [-0.4, -0.2) is 31.2 Å². The number of methoxy groups -OCH3 is 2. The molecule has 0 heterocycles. The van der Waals surface area contributed by atoms with Crippen LogP contribution < -0.4 is 14.8 Å². The van der Waals surface area contributed by atoms with Gasteiger partial charge in [0.25, 0.3) is 0 Å². The summed E-state index contributed by atoms with van der Waals surface area (Å²) in [4.78, 5) is 22.5. The third-order valence-electron chi connectivity index (χ3n) is 3.39. The van der Waals surface area contributed by atoms with Crippen LogP contribution in [0.1, 0.15) is 12.0 Å². The van der Waals surface area contributed by atoms with Gasteiger partial charge in [-0.3, -0.25) is 9.59 Å². The van der Waals surface area contributed by atoms with Gasteiger partial charge in [-0.15, -0.1) is 0 Å². The summed E-state index contributed by atoms with van der Waals surface area (Å²) in [5, 5.41) is 11.5. The Kier molecular flexibility index (Phi) is 4.12. The lowest BCUT2D eigenvalue weighted by atomic mass is 10.2. The van der Waals surface area contributed by atoms with E-state index in [0.717, 1.165) is 5.56 Å². The molecule has 1 aliphatic carbocycles. The number of carbonyl (C=O) groups is 2. The van der Waals surface area contributed by atoms with E-state index in [1.54, 1.807) is 32.4 Å². The van der Waals surface area contributed by atoms with E-state index in [9.17, 15) is 9.59 Å². The summed E-state index contributed by atoms with van der Waals surface area (Å²) < 4.78 is 10.3. The van der Waals surface area contributed by atoms with Crippen LogP contribution in [0.4, 0.5) is 0 Å². The SMILES string of the molecule is COc1ccc(OC)c(CNC(=O)[C@@H]2C[C@@H]2C(=O)O)c1. The number of hydrogen-bond acceptors (Lipinski definition) is 4. The zero-order valence-electron chi connectivity index (χ0n) is 11.4. The molecule has 0 aromatic heterocycles. The van der Waals surface area contributed by atoms with Gasteiger partial charge in [0.2, 0.25) is 5.91 Å². The van der Waals surface area contributed by atoms with Crippen LogP contribution in [0.25, 0.3) is 0 Å². The van der Waals surface area contributed by atoms with E-state index in [0.29, 0.717) is 17.9 Å². The van der Waals surface area contributed by atoms with Crippen LogP contribution in [0, 0.1) is 11.8 Å². The topological polar surface area (TPSA) is 84.9 Å². The lowest BCUT2D eigenvalue weighted by molar-refractivity contribution is -0.140. The molecule has 1 fully saturated rings. The second kappa shape index (κ2) is 5.81. The average Bonchev–Trinajstić information content (AvgIpc) is 3.25. The van der Waals surface area contributed by atoms with Crippen molar-refractivity contribution in [1.82, 2.24) is 5.32 Å². The number of nitrogens with one attached hydrogen (secondary N) is 1. The Morgan fingerprint density at radius 1 is 1.30 bits per heavy atom. The van der Waals surface area contributed by atoms with Crippen LogP contribution in [0.15, 0.2) is 18.2 Å². The molecule has 1 aliphatic rings. The molecule has 6 nitrogen and oxygen atoms in total. The first kappa shape index (κ1) is 14.2. The molecular weight excluding hydrogens is 262 g/mol. The van der Waals surface area contributed by atoms with E-state index >= 15 is 0 Å². The quantitative estimate of drug-likeness (QED) is 0.812. The lowest BCUT2D eigenvalue weighted by Gasteiger charge is -2.11. The molecule has 0 aliphatic heterocycles. The van der Waals surface area contributed by atoms with Crippen molar-refractivity contribution in [2.45, 2.75) is 13.0 Å². The summed E-state index contributed by atoms with van der Waals surface area (Å²) >= 11 is 0. The Morgan fingerprint density at radius 2 is 2.05 bits per heavy atom. The molecule has 6 heteroatoms. The molecule has 1 saturated carbocycles. The normalized spacial score (nSPS) is 20.1. The molecule has 1 aromatic rings. The minimum absolute atomic E-state index is 0.234. The highest BCUT2D eigenvalue weighted by Gasteiger charge is 2.48. The van der Waals surface area contributed by atoms with Crippen LogP contribution in [0.5, 0.6) is 11.5 Å². The second-order valence-corrected chi connectivity index (χ2v) is 4.68. The van der Waals surface area contributed by atoms with Crippen LogP contribution in [0.3, 0.4) is 0 Å². The van der Waals surface area contributed by atoms with Gasteiger partial charge < -0.3 is 19.9 Å². The van der Waals surface area contributed by atoms with E-state index in [1.807, 2.05) is 0 Å². The summed E-state index contributed by atoms with van der Waals surface area (Å²) in [7, 11) is 3.11. The van der Waals surface area contributed by atoms with Gasteiger partial charge in [-0.1, -0.05) is 0 Å². The standard InChI is InChI=1S/C14H17NO5/c1-19-9-3-4-12(20-2)8(5-9)7-15-13(16)10-6-11(10)14(17)18/h3-5,10-11H,6-7H2,1-2H3,(H,15,16)(H,17,18)/t10-,11+/m1/s1. The minimum atomic E-state index is -0.913. The van der Waals surface area contributed by atoms with Crippen molar-refractivity contribution in [2.24, 2.45) is 11.8 Å². The van der Waals surface area contributed by atoms with E-state index in [-0.39, 0.29) is 12.5 Å². The number of hydrogen-bond donors (Lipinski definition) is 2. The summed E-state index contributed by atoms with van der Waals surface area (Å²) in [6, 6.07) is 5.31. The predicted molar refractivity (Wildman–Crippen MR) is 70.6 cm³/mol. The van der Waals surface area contributed by atoms with Crippen molar-refractivity contribution in [1.29, 1.82) is 0 Å². The number of benzene rings is 1. The first-order chi connectivity index (χ1) is 9.56. The fourth-order valence-corrected chi connectivity index (χ4v) is 2.09. The number of carboxylic acid groups (broad SMARTS) is 1. The molecule has 0 unspecified atom stereocenters. The molecule has 1 aromatic carbocycles. The molecule has 0 bridgehead atoms. The Hall–Kier alpha value is -2.24. The third-order valence-corrected chi connectivity index (χ3v) is 3.39. The fraction of sp³-hybridized carbons (Fsp3) is 0.429. The number of aliphatic carboxylic acids is 1. The Labute approximate surface area is 116 Å². The number of rotatable bonds is 6. The lowest BCUT2D eigenvalue weighted by Crippen LogP contribution is -2.26. The van der Waals surface area contributed by atoms with Gasteiger partial charge in [0.1, 0.15) is 11.5 Å². The molecule has 2 atom stereocenters. The first-order valence-electron chi connectivity index (χ1n) is 6.28. The summed E-state index contributed by atoms with van der Waals surface area (Å²) in [5.41, 5.74) is 0.785. The Bertz CT molecular complexity index is 528. The summed E-state index contributed by atoms with van der Waals surface area (Å²) in [6.07, 6.45) is 0.413. The summed E-state index contributed by atoms with van der Waals surface area (Å²) in [5.74, 6) is -0.778. The van der Waals surface area contributed by atoms with Gasteiger partial charge in [-0.25, -0.2) is 0 Å². The molecule has 0 saturated heterocycles. The predicted octanol–water partition coefficient (Wildman–Crippen LogP) is 1.04. The Balaban J connectivity index is 1.97. The second-order valence-electron chi connectivity index (χ2n) is 4.68. The van der Waals surface area contributed by atoms with E-state index in [2.05, 4.69) is 5.32 Å². The monoisotopic (exact) mass is 279 g/mol. The molecule has 108 valence electrons. The average molecular weight is 279 g/mol. The van der Waals surface area contributed by atoms with Crippen LogP contribution in [0.2, 0.25) is 0 Å². The van der Waals surface area contributed by atoms with Gasteiger partial charge >= 0.3 is 5.97 Å². The zero-order chi connectivity index (χ0) is 14.7. The van der Waals surface area contributed by atoms with Gasteiger partial charge in [0.15, 0.2) is 0 Å². The fourth-order valence-electron chi connectivity index (χ4n) is 2.09. The largest absolute Gasteiger partial charge is 0.497 e. The van der Waals surface area contributed by atoms with Gasteiger partial charge in [0, 0.05) is 12.1 Å². The van der Waals surface area contributed by atoms with Crippen molar-refractivity contribution < 1.29 is 24.2 Å². The highest BCUT2D eigenvalue weighted by molar-refractivity contribution is 5.89. The molecule has 1 amide bonds. The molecular formula is C14H17NO5. The molecule has 0 spiro atoms. The molecule has 2 rings (SSSR count). The zero-order valence-corrected chi connectivity index (χ0v) is 11.4. The van der Waals surface area contributed by atoms with E-state index in [1.165, 1.54) is 0 Å². The number of carbonyl (C=O) groups excluding carboxylic acids is 1. The maximum atomic E-state index is 11.8. The van der Waals surface area contributed by atoms with Crippen molar-refractivity contribution >= 4 is 11.9 Å². The first-order valence-corrected chi connectivity index (χ1v) is 6.28. The molecule has 20 heavy (non-hydrogen) atoms. The molecule has 0 radical (unpaired) electrons. The van der Waals surface area contributed by atoms with E-state index < -0.39 is 17.8 Å². The summed E-state index contributed by atoms with van der Waals surface area (Å²) in [6.45, 7) is 0.280.